The minimum Gasteiger partial charge on any atom is -0.457 e. The number of nitrogens with zero attached hydrogens (tertiary/aromatic N) is 3. The predicted molar refractivity (Wildman–Crippen MR) is 127 cm³/mol. The van der Waals surface area contributed by atoms with Crippen LogP contribution in [0.5, 0.6) is 11.5 Å². The highest BCUT2D eigenvalue weighted by molar-refractivity contribution is 6.06. The van der Waals surface area contributed by atoms with Crippen LogP contribution < -0.4 is 15.4 Å². The molecule has 4 aromatic rings. The molecule has 3 aromatic carbocycles. The number of ether oxygens (including phenoxy) is 1. The fourth-order valence-corrected chi connectivity index (χ4v) is 3.99. The SMILES string of the molecule is CC1=C(C(=O)Nc2cccc(C)c2)C(c2cccc(Oc3ccccc3)c2)n2ncnc2N1. The Kier molecular flexibility index (Phi) is 5.36. The Hall–Kier alpha value is -4.39. The molecule has 0 bridgehead atoms. The van der Waals surface area contributed by atoms with E-state index in [1.54, 1.807) is 4.68 Å². The average Bonchev–Trinajstić information content (AvgIpc) is 3.27. The monoisotopic (exact) mass is 437 g/mol. The molecule has 2 heterocycles. The Labute approximate surface area is 191 Å². The van der Waals surface area contributed by atoms with Crippen molar-refractivity contribution in [1.82, 2.24) is 14.8 Å². The van der Waals surface area contributed by atoms with Crippen LogP contribution in [-0.4, -0.2) is 20.7 Å². The summed E-state index contributed by atoms with van der Waals surface area (Å²) >= 11 is 0. The molecule has 1 amide bonds. The molecule has 1 aliphatic rings. The topological polar surface area (TPSA) is 81.1 Å². The number of rotatable bonds is 5. The summed E-state index contributed by atoms with van der Waals surface area (Å²) in [5.74, 6) is 1.80. The maximum Gasteiger partial charge on any atom is 0.255 e. The molecule has 7 nitrogen and oxygen atoms in total. The van der Waals surface area contributed by atoms with E-state index in [4.69, 9.17) is 4.74 Å². The molecule has 0 aliphatic carbocycles. The molecule has 7 heteroatoms. The van der Waals surface area contributed by atoms with E-state index >= 15 is 0 Å². The van der Waals surface area contributed by atoms with Gasteiger partial charge in [-0.3, -0.25) is 4.79 Å². The summed E-state index contributed by atoms with van der Waals surface area (Å²) in [4.78, 5) is 17.8. The van der Waals surface area contributed by atoms with Gasteiger partial charge in [-0.2, -0.15) is 10.1 Å². The lowest BCUT2D eigenvalue weighted by molar-refractivity contribution is -0.113. The Morgan fingerprint density at radius 2 is 1.76 bits per heavy atom. The first kappa shape index (κ1) is 20.5. The van der Waals surface area contributed by atoms with Crippen LogP contribution in [0.4, 0.5) is 11.6 Å². The van der Waals surface area contributed by atoms with Crippen molar-refractivity contribution in [2.24, 2.45) is 0 Å². The molecule has 33 heavy (non-hydrogen) atoms. The van der Waals surface area contributed by atoms with Gasteiger partial charge in [-0.15, -0.1) is 0 Å². The van der Waals surface area contributed by atoms with Crippen LogP contribution in [0.15, 0.2) is 96.5 Å². The number of amides is 1. The average molecular weight is 438 g/mol. The first-order valence-corrected chi connectivity index (χ1v) is 10.7. The second-order valence-electron chi connectivity index (χ2n) is 7.91. The Bertz CT molecular complexity index is 1340. The van der Waals surface area contributed by atoms with Crippen LogP contribution in [0.1, 0.15) is 24.1 Å². The van der Waals surface area contributed by atoms with Crippen LogP contribution in [-0.2, 0) is 4.79 Å². The molecule has 164 valence electrons. The fraction of sp³-hybridized carbons (Fsp3) is 0.115. The van der Waals surface area contributed by atoms with Crippen LogP contribution in [0, 0.1) is 6.92 Å². The number of carbonyl (C=O) groups is 1. The smallest absolute Gasteiger partial charge is 0.255 e. The number of fused-ring (bicyclic) bond motifs is 1. The zero-order valence-corrected chi connectivity index (χ0v) is 18.3. The predicted octanol–water partition coefficient (Wildman–Crippen LogP) is 5.31. The third-order valence-corrected chi connectivity index (χ3v) is 5.47. The van der Waals surface area contributed by atoms with E-state index in [1.165, 1.54) is 6.33 Å². The number of carbonyl (C=O) groups excluding carboxylic acids is 1. The highest BCUT2D eigenvalue weighted by Gasteiger charge is 2.33. The minimum absolute atomic E-state index is 0.203. The summed E-state index contributed by atoms with van der Waals surface area (Å²) in [6.45, 7) is 3.87. The highest BCUT2D eigenvalue weighted by Crippen LogP contribution is 2.37. The standard InChI is InChI=1S/C26H23N5O2/c1-17-8-6-10-20(14-17)30-25(32)23-18(2)29-26-27-16-28-31(26)24(23)19-9-7-13-22(15-19)33-21-11-4-3-5-12-21/h3-16,24H,1-2H3,(H,30,32)(H,27,28,29). The second kappa shape index (κ2) is 8.63. The number of anilines is 2. The molecule has 2 N–H and O–H groups in total. The van der Waals surface area contributed by atoms with Gasteiger partial charge in [0, 0.05) is 11.4 Å². The molecule has 0 saturated heterocycles. The van der Waals surface area contributed by atoms with Crippen molar-refractivity contribution in [2.75, 3.05) is 10.6 Å². The lowest BCUT2D eigenvalue weighted by Gasteiger charge is -2.29. The summed E-state index contributed by atoms with van der Waals surface area (Å²) in [6, 6.07) is 24.6. The number of aromatic nitrogens is 3. The zero-order valence-electron chi connectivity index (χ0n) is 18.3. The van der Waals surface area contributed by atoms with E-state index in [0.29, 0.717) is 17.3 Å². The molecule has 0 spiro atoms. The lowest BCUT2D eigenvalue weighted by atomic mass is 9.94. The fourth-order valence-electron chi connectivity index (χ4n) is 3.99. The number of nitrogens with one attached hydrogen (secondary N) is 2. The van der Waals surface area contributed by atoms with Crippen LogP contribution in [0.2, 0.25) is 0 Å². The first-order chi connectivity index (χ1) is 16.1. The van der Waals surface area contributed by atoms with Gasteiger partial charge in [0.1, 0.15) is 23.9 Å². The summed E-state index contributed by atoms with van der Waals surface area (Å²) in [6.07, 6.45) is 1.48. The van der Waals surface area contributed by atoms with E-state index in [2.05, 4.69) is 20.7 Å². The summed E-state index contributed by atoms with van der Waals surface area (Å²) in [5, 5.41) is 10.6. The number of aryl methyl sites for hydroxylation is 1. The second-order valence-corrected chi connectivity index (χ2v) is 7.91. The Morgan fingerprint density at radius 3 is 2.58 bits per heavy atom. The quantitative estimate of drug-likeness (QED) is 0.442. The summed E-state index contributed by atoms with van der Waals surface area (Å²) in [5.41, 5.74) is 3.96. The van der Waals surface area contributed by atoms with Crippen molar-refractivity contribution >= 4 is 17.5 Å². The summed E-state index contributed by atoms with van der Waals surface area (Å²) < 4.78 is 7.76. The lowest BCUT2D eigenvalue weighted by Crippen LogP contribution is -2.31. The Balaban J connectivity index is 1.52. The van der Waals surface area contributed by atoms with Gasteiger partial charge in [-0.1, -0.05) is 42.5 Å². The maximum absolute atomic E-state index is 13.5. The van der Waals surface area contributed by atoms with E-state index in [-0.39, 0.29) is 5.91 Å². The van der Waals surface area contributed by atoms with Crippen molar-refractivity contribution in [3.63, 3.8) is 0 Å². The van der Waals surface area contributed by atoms with E-state index in [0.717, 1.165) is 28.3 Å². The van der Waals surface area contributed by atoms with E-state index in [1.807, 2.05) is 92.7 Å². The molecule has 5 rings (SSSR count). The van der Waals surface area contributed by atoms with Crippen molar-refractivity contribution in [3.05, 3.63) is 108 Å². The number of allylic oxidation sites excluding steroid dienone is 1. The largest absolute Gasteiger partial charge is 0.457 e. The van der Waals surface area contributed by atoms with Gasteiger partial charge >= 0.3 is 0 Å². The van der Waals surface area contributed by atoms with Gasteiger partial charge in [-0.25, -0.2) is 4.68 Å². The molecule has 1 aromatic heterocycles. The number of hydrogen-bond acceptors (Lipinski definition) is 5. The van der Waals surface area contributed by atoms with Crippen molar-refractivity contribution in [3.8, 4) is 11.5 Å². The maximum atomic E-state index is 13.5. The third-order valence-electron chi connectivity index (χ3n) is 5.47. The highest BCUT2D eigenvalue weighted by atomic mass is 16.5. The number of benzene rings is 3. The van der Waals surface area contributed by atoms with Crippen molar-refractivity contribution < 1.29 is 9.53 Å². The molecule has 0 fully saturated rings. The summed E-state index contributed by atoms with van der Waals surface area (Å²) in [7, 11) is 0. The van der Waals surface area contributed by atoms with E-state index < -0.39 is 6.04 Å². The normalized spacial score (nSPS) is 14.9. The van der Waals surface area contributed by atoms with Gasteiger partial charge in [0.2, 0.25) is 5.95 Å². The molecular weight excluding hydrogens is 414 g/mol. The van der Waals surface area contributed by atoms with E-state index in [9.17, 15) is 4.79 Å². The Morgan fingerprint density at radius 1 is 0.970 bits per heavy atom. The number of hydrogen-bond donors (Lipinski definition) is 2. The number of para-hydroxylation sites is 1. The molecule has 0 saturated carbocycles. The van der Waals surface area contributed by atoms with Crippen molar-refractivity contribution in [2.45, 2.75) is 19.9 Å². The molecule has 0 radical (unpaired) electrons. The van der Waals surface area contributed by atoms with Gasteiger partial charge in [-0.05, 0) is 61.4 Å². The van der Waals surface area contributed by atoms with Crippen LogP contribution in [0.3, 0.4) is 0 Å². The minimum atomic E-state index is -0.465. The molecule has 1 aliphatic heterocycles. The molecular formula is C26H23N5O2. The van der Waals surface area contributed by atoms with Gasteiger partial charge in [0.15, 0.2) is 0 Å². The van der Waals surface area contributed by atoms with Crippen LogP contribution in [0.25, 0.3) is 0 Å². The van der Waals surface area contributed by atoms with Crippen molar-refractivity contribution in [1.29, 1.82) is 0 Å². The zero-order chi connectivity index (χ0) is 22.8. The molecule has 1 unspecified atom stereocenters. The molecule has 1 atom stereocenters. The first-order valence-electron chi connectivity index (χ1n) is 10.7. The van der Waals surface area contributed by atoms with Gasteiger partial charge in [0.25, 0.3) is 5.91 Å². The third kappa shape index (κ3) is 4.21. The van der Waals surface area contributed by atoms with Crippen LogP contribution >= 0.6 is 0 Å². The van der Waals surface area contributed by atoms with Gasteiger partial charge < -0.3 is 15.4 Å². The van der Waals surface area contributed by atoms with Gasteiger partial charge in [0.05, 0.1) is 5.57 Å².